The lowest BCUT2D eigenvalue weighted by Gasteiger charge is -2.14. The van der Waals surface area contributed by atoms with Crippen LogP contribution < -0.4 is 0 Å². The second-order valence-corrected chi connectivity index (χ2v) is 3.54. The Balaban J connectivity index is 2.55. The van der Waals surface area contributed by atoms with Gasteiger partial charge in [-0.3, -0.25) is 0 Å². The molecule has 0 saturated carbocycles. The summed E-state index contributed by atoms with van der Waals surface area (Å²) in [6, 6.07) is 0. The fourth-order valence-electron chi connectivity index (χ4n) is 1.84. The molecule has 0 unspecified atom stereocenters. The van der Waals surface area contributed by atoms with Gasteiger partial charge >= 0.3 is 0 Å². The summed E-state index contributed by atoms with van der Waals surface area (Å²) in [6.07, 6.45) is 12.5. The second-order valence-electron chi connectivity index (χ2n) is 3.54. The molecule has 0 spiro atoms. The highest BCUT2D eigenvalue weighted by atomic mass is 14.1. The molecule has 0 amide bonds. The molecule has 0 saturated heterocycles. The molecule has 12 heavy (non-hydrogen) atoms. The molecule has 0 atom stereocenters. The van der Waals surface area contributed by atoms with Gasteiger partial charge in [0, 0.05) is 0 Å². The molecule has 0 aromatic carbocycles. The average molecular weight is 164 g/mol. The van der Waals surface area contributed by atoms with Crippen LogP contribution in [0.15, 0.2) is 23.3 Å². The van der Waals surface area contributed by atoms with Crippen LogP contribution in [0.3, 0.4) is 0 Å². The van der Waals surface area contributed by atoms with E-state index >= 15 is 0 Å². The summed E-state index contributed by atoms with van der Waals surface area (Å²) in [5.41, 5.74) is 3.26. The van der Waals surface area contributed by atoms with E-state index < -0.39 is 0 Å². The van der Waals surface area contributed by atoms with Crippen LogP contribution in [0.2, 0.25) is 0 Å². The normalized spacial score (nSPS) is 17.2. The zero-order valence-electron chi connectivity index (χ0n) is 8.40. The highest BCUT2D eigenvalue weighted by molar-refractivity contribution is 5.33. The average Bonchev–Trinajstić information content (AvgIpc) is 2.09. The van der Waals surface area contributed by atoms with E-state index in [1.807, 2.05) is 0 Å². The van der Waals surface area contributed by atoms with Crippen molar-refractivity contribution in [2.24, 2.45) is 0 Å². The number of hydrogen-bond acceptors (Lipinski definition) is 0. The smallest absolute Gasteiger partial charge is 0.0282 e. The third-order valence-corrected chi connectivity index (χ3v) is 2.40. The van der Waals surface area contributed by atoms with E-state index in [-0.39, 0.29) is 0 Å². The Hall–Kier alpha value is -0.520. The summed E-state index contributed by atoms with van der Waals surface area (Å²) in [7, 11) is 0. The Morgan fingerprint density at radius 3 is 1.67 bits per heavy atom. The maximum absolute atomic E-state index is 2.44. The first kappa shape index (κ1) is 9.57. The van der Waals surface area contributed by atoms with Crippen LogP contribution >= 0.6 is 0 Å². The lowest BCUT2D eigenvalue weighted by Crippen LogP contribution is -1.95. The van der Waals surface area contributed by atoms with Gasteiger partial charge in [-0.15, -0.1) is 0 Å². The van der Waals surface area contributed by atoms with E-state index in [1.165, 1.54) is 38.5 Å². The summed E-state index contributed by atoms with van der Waals surface area (Å²) >= 11 is 0. The van der Waals surface area contributed by atoms with Gasteiger partial charge in [-0.05, 0) is 36.8 Å². The maximum atomic E-state index is 2.44. The molecule has 68 valence electrons. The molecule has 0 bridgehead atoms. The molecule has 1 rings (SSSR count). The summed E-state index contributed by atoms with van der Waals surface area (Å²) in [6.45, 7) is 4.53. The van der Waals surface area contributed by atoms with Gasteiger partial charge < -0.3 is 0 Å². The van der Waals surface area contributed by atoms with Crippen LogP contribution in [0.25, 0.3) is 0 Å². The quantitative estimate of drug-likeness (QED) is 0.583. The third kappa shape index (κ3) is 2.51. The first-order valence-corrected chi connectivity index (χ1v) is 5.27. The largest absolute Gasteiger partial charge is 0.0807 e. The minimum atomic E-state index is 1.27. The summed E-state index contributed by atoms with van der Waals surface area (Å²) < 4.78 is 0. The molecule has 0 aromatic rings. The Morgan fingerprint density at radius 2 is 1.33 bits per heavy atom. The molecule has 0 fully saturated rings. The van der Waals surface area contributed by atoms with Gasteiger partial charge in [-0.1, -0.05) is 38.8 Å². The van der Waals surface area contributed by atoms with Gasteiger partial charge in [0.25, 0.3) is 0 Å². The maximum Gasteiger partial charge on any atom is -0.0282 e. The van der Waals surface area contributed by atoms with E-state index in [9.17, 15) is 0 Å². The molecule has 1 aliphatic rings. The van der Waals surface area contributed by atoms with Crippen LogP contribution in [0, 0.1) is 0 Å². The Morgan fingerprint density at radius 1 is 0.917 bits per heavy atom. The number of rotatable bonds is 4. The minimum Gasteiger partial charge on any atom is -0.0807 e. The van der Waals surface area contributed by atoms with Crippen molar-refractivity contribution in [2.45, 2.75) is 52.4 Å². The van der Waals surface area contributed by atoms with Crippen molar-refractivity contribution < 1.29 is 0 Å². The molecule has 1 aliphatic carbocycles. The van der Waals surface area contributed by atoms with Crippen LogP contribution in [-0.2, 0) is 0 Å². The fourth-order valence-corrected chi connectivity index (χ4v) is 1.84. The summed E-state index contributed by atoms with van der Waals surface area (Å²) in [5.74, 6) is 0. The Bertz CT molecular complexity index is 162. The zero-order chi connectivity index (χ0) is 8.81. The highest BCUT2D eigenvalue weighted by Gasteiger charge is 2.06. The van der Waals surface area contributed by atoms with Crippen molar-refractivity contribution in [3.05, 3.63) is 23.3 Å². The van der Waals surface area contributed by atoms with Gasteiger partial charge in [-0.2, -0.15) is 0 Å². The lowest BCUT2D eigenvalue weighted by atomic mass is 9.92. The molecule has 0 aliphatic heterocycles. The van der Waals surface area contributed by atoms with Crippen LogP contribution in [0.1, 0.15) is 52.4 Å². The predicted octanol–water partition coefficient (Wildman–Crippen LogP) is 4.23. The van der Waals surface area contributed by atoms with Gasteiger partial charge in [0.05, 0.1) is 0 Å². The third-order valence-electron chi connectivity index (χ3n) is 2.40. The van der Waals surface area contributed by atoms with Crippen LogP contribution in [-0.4, -0.2) is 0 Å². The highest BCUT2D eigenvalue weighted by Crippen LogP contribution is 2.25. The molecule has 0 heteroatoms. The molecule has 0 aromatic heterocycles. The molecule has 0 radical (unpaired) electrons. The topological polar surface area (TPSA) is 0 Å². The Kier molecular flexibility index (Phi) is 4.13. The molecule has 0 nitrogen and oxygen atoms in total. The summed E-state index contributed by atoms with van der Waals surface area (Å²) in [4.78, 5) is 0. The second kappa shape index (κ2) is 5.18. The van der Waals surface area contributed by atoms with E-state index in [1.54, 1.807) is 11.1 Å². The monoisotopic (exact) mass is 164 g/mol. The van der Waals surface area contributed by atoms with E-state index in [2.05, 4.69) is 26.0 Å². The van der Waals surface area contributed by atoms with Crippen molar-refractivity contribution in [2.75, 3.05) is 0 Å². The molecular formula is C12H20. The predicted molar refractivity (Wildman–Crippen MR) is 55.2 cm³/mol. The van der Waals surface area contributed by atoms with Crippen molar-refractivity contribution in [3.63, 3.8) is 0 Å². The van der Waals surface area contributed by atoms with Gasteiger partial charge in [0.2, 0.25) is 0 Å². The summed E-state index contributed by atoms with van der Waals surface area (Å²) in [5, 5.41) is 0. The van der Waals surface area contributed by atoms with Crippen molar-refractivity contribution in [3.8, 4) is 0 Å². The van der Waals surface area contributed by atoms with Gasteiger partial charge in [0.1, 0.15) is 0 Å². The first-order chi connectivity index (χ1) is 5.88. The molecule has 0 N–H and O–H groups in total. The number of allylic oxidation sites excluding steroid dienone is 4. The zero-order valence-corrected chi connectivity index (χ0v) is 8.40. The first-order valence-electron chi connectivity index (χ1n) is 5.27. The molecule has 0 heterocycles. The fraction of sp³-hybridized carbons (Fsp3) is 0.667. The van der Waals surface area contributed by atoms with Crippen molar-refractivity contribution >= 4 is 0 Å². The van der Waals surface area contributed by atoms with Crippen LogP contribution in [0.5, 0.6) is 0 Å². The van der Waals surface area contributed by atoms with E-state index in [0.717, 1.165) is 0 Å². The Labute approximate surface area is 76.4 Å². The SMILES string of the molecule is CCCC1=CCCC=C1CCC. The van der Waals surface area contributed by atoms with Crippen molar-refractivity contribution in [1.82, 2.24) is 0 Å². The van der Waals surface area contributed by atoms with Crippen molar-refractivity contribution in [1.29, 1.82) is 0 Å². The van der Waals surface area contributed by atoms with E-state index in [0.29, 0.717) is 0 Å². The molecular weight excluding hydrogens is 144 g/mol. The van der Waals surface area contributed by atoms with E-state index in [4.69, 9.17) is 0 Å². The standard InChI is InChI=1S/C12H20/c1-3-7-11-9-5-6-10-12(11)8-4-2/h9-10H,3-8H2,1-2H3. The van der Waals surface area contributed by atoms with Gasteiger partial charge in [0.15, 0.2) is 0 Å². The van der Waals surface area contributed by atoms with Crippen LogP contribution in [0.4, 0.5) is 0 Å². The lowest BCUT2D eigenvalue weighted by molar-refractivity contribution is 0.817. The number of hydrogen-bond donors (Lipinski definition) is 0. The minimum absolute atomic E-state index is 1.27. The van der Waals surface area contributed by atoms with Gasteiger partial charge in [-0.25, -0.2) is 0 Å².